The molecule has 29 heavy (non-hydrogen) atoms. The molecule has 0 N–H and O–H groups in total. The van der Waals surface area contributed by atoms with Gasteiger partial charge in [-0.15, -0.1) is 0 Å². The van der Waals surface area contributed by atoms with E-state index in [1.807, 2.05) is 24.3 Å². The highest BCUT2D eigenvalue weighted by Gasteiger charge is 2.25. The van der Waals surface area contributed by atoms with E-state index in [9.17, 15) is 10.1 Å². The summed E-state index contributed by atoms with van der Waals surface area (Å²) in [7, 11) is 0. The van der Waals surface area contributed by atoms with Crippen LogP contribution in [-0.2, 0) is 6.42 Å². The fourth-order valence-corrected chi connectivity index (χ4v) is 3.61. The van der Waals surface area contributed by atoms with Gasteiger partial charge in [0.05, 0.1) is 4.92 Å². The van der Waals surface area contributed by atoms with Gasteiger partial charge in [0.25, 0.3) is 5.69 Å². The van der Waals surface area contributed by atoms with Crippen LogP contribution in [0.15, 0.2) is 48.5 Å². The van der Waals surface area contributed by atoms with Crippen molar-refractivity contribution in [1.82, 2.24) is 9.80 Å². The van der Waals surface area contributed by atoms with Crippen molar-refractivity contribution in [2.75, 3.05) is 39.3 Å². The Labute approximate surface area is 173 Å². The zero-order valence-electron chi connectivity index (χ0n) is 17.6. The predicted octanol–water partition coefficient (Wildman–Crippen LogP) is 3.98. The maximum absolute atomic E-state index is 10.7. The smallest absolute Gasteiger partial charge is 0.269 e. The Bertz CT molecular complexity index is 790. The minimum atomic E-state index is -0.375. The fraction of sp³-hybridized carbons (Fsp3) is 0.478. The lowest BCUT2D eigenvalue weighted by atomic mass is 10.0. The number of non-ortho nitro benzene ring substituents is 1. The zero-order chi connectivity index (χ0) is 20.9. The van der Waals surface area contributed by atoms with Crippen molar-refractivity contribution in [1.29, 1.82) is 0 Å². The van der Waals surface area contributed by atoms with Crippen LogP contribution in [-0.4, -0.2) is 59.6 Å². The molecule has 0 aliphatic carbocycles. The summed E-state index contributed by atoms with van der Waals surface area (Å²) in [6.45, 7) is 12.9. The van der Waals surface area contributed by atoms with Crippen molar-refractivity contribution in [3.05, 3.63) is 69.8 Å². The molecule has 0 unspecified atom stereocenters. The number of hydrogen-bond donors (Lipinski definition) is 0. The van der Waals surface area contributed by atoms with E-state index in [0.29, 0.717) is 6.61 Å². The average molecular weight is 398 g/mol. The van der Waals surface area contributed by atoms with E-state index < -0.39 is 0 Å². The molecule has 2 aromatic carbocycles. The Morgan fingerprint density at radius 1 is 0.931 bits per heavy atom. The van der Waals surface area contributed by atoms with Gasteiger partial charge in [0.1, 0.15) is 12.4 Å². The minimum absolute atomic E-state index is 0.123. The van der Waals surface area contributed by atoms with Crippen LogP contribution in [0.2, 0.25) is 0 Å². The molecule has 0 radical (unpaired) electrons. The van der Waals surface area contributed by atoms with Gasteiger partial charge in [-0.1, -0.05) is 24.3 Å². The Balaban J connectivity index is 1.41. The van der Waals surface area contributed by atoms with E-state index in [1.165, 1.54) is 0 Å². The summed E-state index contributed by atoms with van der Waals surface area (Å²) in [6.07, 6.45) is 0.746. The van der Waals surface area contributed by atoms with Gasteiger partial charge in [0, 0.05) is 50.4 Å². The Kier molecular flexibility index (Phi) is 6.87. The summed E-state index contributed by atoms with van der Waals surface area (Å²) >= 11 is 0. The number of hydrogen-bond acceptors (Lipinski definition) is 5. The molecule has 1 fully saturated rings. The highest BCUT2D eigenvalue weighted by Crippen LogP contribution is 2.18. The number of nitro benzene ring substituents is 1. The van der Waals surface area contributed by atoms with Crippen LogP contribution in [0, 0.1) is 10.1 Å². The van der Waals surface area contributed by atoms with Gasteiger partial charge in [-0.05, 0) is 50.5 Å². The van der Waals surface area contributed by atoms with Crippen LogP contribution >= 0.6 is 0 Å². The summed E-state index contributed by atoms with van der Waals surface area (Å²) in [5, 5.41) is 10.7. The topological polar surface area (TPSA) is 58.8 Å². The van der Waals surface area contributed by atoms with Crippen LogP contribution < -0.4 is 4.74 Å². The van der Waals surface area contributed by atoms with E-state index in [-0.39, 0.29) is 16.1 Å². The average Bonchev–Trinajstić information content (AvgIpc) is 2.69. The Morgan fingerprint density at radius 2 is 1.48 bits per heavy atom. The summed E-state index contributed by atoms with van der Waals surface area (Å²) in [5.74, 6) is 0.880. The van der Waals surface area contributed by atoms with Gasteiger partial charge in [-0.3, -0.25) is 19.9 Å². The van der Waals surface area contributed by atoms with E-state index >= 15 is 0 Å². The second-order valence-electron chi connectivity index (χ2n) is 8.59. The molecule has 1 aliphatic rings. The van der Waals surface area contributed by atoms with Gasteiger partial charge >= 0.3 is 0 Å². The first-order valence-corrected chi connectivity index (χ1v) is 10.2. The number of benzene rings is 2. The van der Waals surface area contributed by atoms with E-state index in [0.717, 1.165) is 56.0 Å². The first-order valence-electron chi connectivity index (χ1n) is 10.2. The lowest BCUT2D eigenvalue weighted by Crippen LogP contribution is -2.53. The molecule has 0 bridgehead atoms. The third-order valence-electron chi connectivity index (χ3n) is 5.48. The molecular formula is C23H31N3O3. The van der Waals surface area contributed by atoms with Crippen molar-refractivity contribution >= 4 is 5.69 Å². The monoisotopic (exact) mass is 397 g/mol. The third-order valence-corrected chi connectivity index (χ3v) is 5.48. The summed E-state index contributed by atoms with van der Waals surface area (Å²) < 4.78 is 5.92. The molecule has 1 heterocycles. The maximum Gasteiger partial charge on any atom is 0.269 e. The van der Waals surface area contributed by atoms with Gasteiger partial charge < -0.3 is 4.74 Å². The molecular weight excluding hydrogens is 366 g/mol. The second-order valence-corrected chi connectivity index (χ2v) is 8.59. The molecule has 0 aromatic heterocycles. The molecule has 1 aliphatic heterocycles. The maximum atomic E-state index is 10.7. The lowest BCUT2D eigenvalue weighted by molar-refractivity contribution is -0.384. The van der Waals surface area contributed by atoms with Crippen molar-refractivity contribution in [2.45, 2.75) is 32.7 Å². The van der Waals surface area contributed by atoms with Crippen molar-refractivity contribution in [3.63, 3.8) is 0 Å². The first-order chi connectivity index (χ1) is 13.8. The van der Waals surface area contributed by atoms with E-state index in [1.54, 1.807) is 12.1 Å². The van der Waals surface area contributed by atoms with Crippen LogP contribution in [0.4, 0.5) is 5.69 Å². The molecule has 0 atom stereocenters. The largest absolute Gasteiger partial charge is 0.492 e. The predicted molar refractivity (Wildman–Crippen MR) is 116 cm³/mol. The zero-order valence-corrected chi connectivity index (χ0v) is 17.6. The van der Waals surface area contributed by atoms with Crippen LogP contribution in [0.1, 0.15) is 31.9 Å². The number of piperazine rings is 1. The fourth-order valence-electron chi connectivity index (χ4n) is 3.61. The molecule has 1 saturated heterocycles. The second kappa shape index (κ2) is 9.37. The quantitative estimate of drug-likeness (QED) is 0.522. The van der Waals surface area contributed by atoms with Crippen LogP contribution in [0.5, 0.6) is 5.75 Å². The van der Waals surface area contributed by atoms with Crippen LogP contribution in [0.3, 0.4) is 0 Å². The van der Waals surface area contributed by atoms with Gasteiger partial charge in [-0.2, -0.15) is 0 Å². The van der Waals surface area contributed by atoms with E-state index in [4.69, 9.17) is 4.74 Å². The highest BCUT2D eigenvalue weighted by atomic mass is 16.6. The first kappa shape index (κ1) is 21.3. The molecule has 0 amide bonds. The van der Waals surface area contributed by atoms with Gasteiger partial charge in [0.2, 0.25) is 0 Å². The third kappa shape index (κ3) is 6.27. The summed E-state index contributed by atoms with van der Waals surface area (Å²) in [6, 6.07) is 14.8. The molecule has 0 saturated carbocycles. The van der Waals surface area contributed by atoms with Crippen molar-refractivity contribution in [2.24, 2.45) is 0 Å². The summed E-state index contributed by atoms with van der Waals surface area (Å²) in [5.41, 5.74) is 2.58. The number of nitro groups is 1. The molecule has 3 rings (SSSR count). The molecule has 6 nitrogen and oxygen atoms in total. The van der Waals surface area contributed by atoms with Gasteiger partial charge in [0.15, 0.2) is 0 Å². The normalized spacial score (nSPS) is 16.0. The highest BCUT2D eigenvalue weighted by molar-refractivity contribution is 5.36. The molecule has 2 aromatic rings. The molecule has 6 heteroatoms. The van der Waals surface area contributed by atoms with Gasteiger partial charge in [-0.25, -0.2) is 0 Å². The van der Waals surface area contributed by atoms with Crippen LogP contribution in [0.25, 0.3) is 0 Å². The SMILES string of the molecule is CC(C)(C)N1CCN(CCOc2ccc(Cc3ccc([N+](=O)[O-])cc3)cc2)CC1. The Morgan fingerprint density at radius 3 is 2.00 bits per heavy atom. The number of nitrogens with zero attached hydrogens (tertiary/aromatic N) is 3. The van der Waals surface area contributed by atoms with Crippen molar-refractivity contribution < 1.29 is 9.66 Å². The van der Waals surface area contributed by atoms with Crippen molar-refractivity contribution in [3.8, 4) is 5.75 Å². The number of ether oxygens (including phenoxy) is 1. The Hall–Kier alpha value is -2.44. The summed E-state index contributed by atoms with van der Waals surface area (Å²) in [4.78, 5) is 15.4. The lowest BCUT2D eigenvalue weighted by Gasteiger charge is -2.42. The van der Waals surface area contributed by atoms with E-state index in [2.05, 4.69) is 42.7 Å². The minimum Gasteiger partial charge on any atom is -0.492 e. The number of rotatable bonds is 7. The molecule has 156 valence electrons. The standard InChI is InChI=1S/C23H31N3O3/c1-23(2,3)25-14-12-24(13-15-25)16-17-29-22-10-6-20(7-11-22)18-19-4-8-21(9-5-19)26(27)28/h4-11H,12-18H2,1-3H3. The molecule has 0 spiro atoms.